The van der Waals surface area contributed by atoms with Crippen molar-refractivity contribution in [3.05, 3.63) is 47.5 Å². The molecule has 0 bridgehead atoms. The average Bonchev–Trinajstić information content (AvgIpc) is 3.25. The fourth-order valence-electron chi connectivity index (χ4n) is 5.46. The summed E-state index contributed by atoms with van der Waals surface area (Å²) in [7, 11) is 1.64. The molecule has 1 fully saturated rings. The fraction of sp³-hybridized carbons (Fsp3) is 0.686. The van der Waals surface area contributed by atoms with Gasteiger partial charge in [-0.2, -0.15) is 11.8 Å². The van der Waals surface area contributed by atoms with Crippen LogP contribution in [0.25, 0.3) is 0 Å². The number of unbranched alkanes of at least 4 members (excludes halogenated alkanes) is 3. The van der Waals surface area contributed by atoms with Crippen molar-refractivity contribution in [2.24, 2.45) is 17.3 Å². The van der Waals surface area contributed by atoms with Crippen LogP contribution < -0.4 is 0 Å². The Bertz CT molecular complexity index is 1040. The van der Waals surface area contributed by atoms with Gasteiger partial charge in [0.15, 0.2) is 0 Å². The lowest BCUT2D eigenvalue weighted by molar-refractivity contribution is -0.159. The van der Waals surface area contributed by atoms with Crippen molar-refractivity contribution in [3.63, 3.8) is 0 Å². The number of rotatable bonds is 22. The van der Waals surface area contributed by atoms with Gasteiger partial charge in [0.2, 0.25) is 0 Å². The molecule has 4 atom stereocenters. The van der Waals surface area contributed by atoms with Crippen LogP contribution in [0, 0.1) is 17.3 Å². The van der Waals surface area contributed by atoms with Crippen molar-refractivity contribution < 1.29 is 38.8 Å². The maximum atomic E-state index is 12.6. The first-order valence-electron chi connectivity index (χ1n) is 16.1. The number of esters is 2. The normalized spacial score (nSPS) is 19.4. The minimum Gasteiger partial charge on any atom is -0.462 e. The predicted molar refractivity (Wildman–Crippen MR) is 174 cm³/mol. The Hall–Kier alpha value is -2.20. The number of benzene rings is 1. The molecule has 4 unspecified atom stereocenters. The Morgan fingerprint density at radius 1 is 1.09 bits per heavy atom. The van der Waals surface area contributed by atoms with Crippen LogP contribution >= 0.6 is 11.8 Å². The van der Waals surface area contributed by atoms with Crippen molar-refractivity contribution in [1.82, 2.24) is 0 Å². The number of carbonyl (C=O) groups excluding carboxylic acids is 3. The van der Waals surface area contributed by atoms with Crippen LogP contribution in [0.1, 0.15) is 89.7 Å². The molecule has 1 aliphatic carbocycles. The molecule has 0 heterocycles. The first kappa shape index (κ1) is 38.0. The van der Waals surface area contributed by atoms with Gasteiger partial charge in [0.05, 0.1) is 24.2 Å². The number of carbonyl (C=O) groups is 3. The SMILES string of the molecule is CCCCCCC(C)(C)C(=O)OCCOC(=O)CCCSCCC1C(=O)CC(O)C1C=CC(O)Cc1cccc(COC)c1. The zero-order valence-corrected chi connectivity index (χ0v) is 27.9. The molecule has 0 radical (unpaired) electrons. The summed E-state index contributed by atoms with van der Waals surface area (Å²) in [6.07, 6.45) is 9.39. The molecule has 44 heavy (non-hydrogen) atoms. The highest BCUT2D eigenvalue weighted by Gasteiger charge is 2.39. The second-order valence-corrected chi connectivity index (χ2v) is 13.6. The zero-order valence-electron chi connectivity index (χ0n) is 27.1. The number of aliphatic hydroxyl groups is 2. The van der Waals surface area contributed by atoms with E-state index < -0.39 is 17.6 Å². The van der Waals surface area contributed by atoms with Crippen LogP contribution in [0.5, 0.6) is 0 Å². The van der Waals surface area contributed by atoms with Gasteiger partial charge in [-0.05, 0) is 55.7 Å². The molecular weight excluding hydrogens is 580 g/mol. The Morgan fingerprint density at radius 3 is 2.59 bits per heavy atom. The maximum absolute atomic E-state index is 12.6. The molecule has 9 heteroatoms. The van der Waals surface area contributed by atoms with Gasteiger partial charge < -0.3 is 24.4 Å². The van der Waals surface area contributed by atoms with Crippen LogP contribution in [0.3, 0.4) is 0 Å². The van der Waals surface area contributed by atoms with Crippen molar-refractivity contribution in [2.45, 2.75) is 104 Å². The molecule has 0 aliphatic heterocycles. The van der Waals surface area contributed by atoms with Crippen molar-refractivity contribution >= 4 is 29.5 Å². The first-order chi connectivity index (χ1) is 21.1. The Morgan fingerprint density at radius 2 is 1.84 bits per heavy atom. The smallest absolute Gasteiger partial charge is 0.311 e. The van der Waals surface area contributed by atoms with Gasteiger partial charge in [0.1, 0.15) is 19.0 Å². The molecule has 0 amide bonds. The lowest BCUT2D eigenvalue weighted by Gasteiger charge is -2.22. The molecule has 0 spiro atoms. The second kappa shape index (κ2) is 20.8. The summed E-state index contributed by atoms with van der Waals surface area (Å²) in [5.41, 5.74) is 1.50. The number of Topliss-reactive ketones (excluding diaryl/α,β-unsaturated/α-hetero) is 1. The van der Waals surface area contributed by atoms with Gasteiger partial charge in [-0.3, -0.25) is 14.4 Å². The van der Waals surface area contributed by atoms with E-state index in [0.29, 0.717) is 25.9 Å². The van der Waals surface area contributed by atoms with E-state index in [1.807, 2.05) is 38.1 Å². The summed E-state index contributed by atoms with van der Waals surface area (Å²) < 4.78 is 15.7. The van der Waals surface area contributed by atoms with E-state index in [1.54, 1.807) is 31.0 Å². The van der Waals surface area contributed by atoms with Crippen molar-refractivity contribution in [2.75, 3.05) is 31.8 Å². The third-order valence-electron chi connectivity index (χ3n) is 8.07. The summed E-state index contributed by atoms with van der Waals surface area (Å²) in [5, 5.41) is 21.0. The van der Waals surface area contributed by atoms with Crippen molar-refractivity contribution in [1.29, 1.82) is 0 Å². The van der Waals surface area contributed by atoms with Gasteiger partial charge in [-0.25, -0.2) is 0 Å². The topological polar surface area (TPSA) is 119 Å². The number of thioether (sulfide) groups is 1. The quantitative estimate of drug-likeness (QED) is 0.0920. The van der Waals surface area contributed by atoms with E-state index in [4.69, 9.17) is 14.2 Å². The zero-order chi connectivity index (χ0) is 32.4. The third-order valence-corrected chi connectivity index (χ3v) is 9.17. The molecule has 1 aromatic carbocycles. The number of ketones is 1. The van der Waals surface area contributed by atoms with E-state index in [1.165, 1.54) is 6.42 Å². The summed E-state index contributed by atoms with van der Waals surface area (Å²) in [4.78, 5) is 37.0. The van der Waals surface area contributed by atoms with Crippen LogP contribution in [0.2, 0.25) is 0 Å². The van der Waals surface area contributed by atoms with Gasteiger partial charge in [0.25, 0.3) is 0 Å². The monoisotopic (exact) mass is 634 g/mol. The fourth-order valence-corrected chi connectivity index (χ4v) is 6.43. The minimum absolute atomic E-state index is 0.0543. The standard InChI is InChI=1S/C35H54O8S/c1-5-6-7-8-17-35(2,3)34(40)43-19-18-42-33(39)13-10-20-44-21-16-30-29(31(37)24-32(30)38)15-14-28(36)23-26-11-9-12-27(22-26)25-41-4/h9,11-12,14-15,22,28-31,36-37H,5-8,10,13,16-21,23-25H2,1-4H3. The minimum atomic E-state index is -0.739. The molecular formula is C35H54O8S. The molecule has 8 nitrogen and oxygen atoms in total. The number of ether oxygens (including phenoxy) is 3. The van der Waals surface area contributed by atoms with E-state index in [9.17, 15) is 24.6 Å². The van der Waals surface area contributed by atoms with Crippen molar-refractivity contribution in [3.8, 4) is 0 Å². The van der Waals surface area contributed by atoms with E-state index >= 15 is 0 Å². The Balaban J connectivity index is 1.62. The predicted octanol–water partition coefficient (Wildman–Crippen LogP) is 5.85. The molecule has 0 saturated heterocycles. The number of methoxy groups -OCH3 is 1. The highest BCUT2D eigenvalue weighted by molar-refractivity contribution is 7.99. The van der Waals surface area contributed by atoms with E-state index in [2.05, 4.69) is 6.92 Å². The van der Waals surface area contributed by atoms with Gasteiger partial charge >= 0.3 is 11.9 Å². The lowest BCUT2D eigenvalue weighted by atomic mass is 9.87. The van der Waals surface area contributed by atoms with E-state index in [0.717, 1.165) is 48.3 Å². The summed E-state index contributed by atoms with van der Waals surface area (Å²) in [5.74, 6) is 0.381. The third kappa shape index (κ3) is 14.3. The summed E-state index contributed by atoms with van der Waals surface area (Å²) >= 11 is 1.67. The van der Waals surface area contributed by atoms with Gasteiger partial charge in [0, 0.05) is 38.2 Å². The second-order valence-electron chi connectivity index (χ2n) is 12.4. The first-order valence-corrected chi connectivity index (χ1v) is 17.3. The molecule has 1 saturated carbocycles. The molecule has 2 N–H and O–H groups in total. The van der Waals surface area contributed by atoms with Crippen LogP contribution in [0.4, 0.5) is 0 Å². The number of hydrogen-bond donors (Lipinski definition) is 2. The number of hydrogen-bond acceptors (Lipinski definition) is 9. The van der Waals surface area contributed by atoms with Gasteiger partial charge in [-0.1, -0.05) is 69.0 Å². The molecule has 248 valence electrons. The van der Waals surface area contributed by atoms with E-state index in [-0.39, 0.29) is 55.6 Å². The molecule has 1 aromatic rings. The maximum Gasteiger partial charge on any atom is 0.311 e. The molecule has 0 aromatic heterocycles. The number of aliphatic hydroxyl groups excluding tert-OH is 2. The summed E-state index contributed by atoms with van der Waals surface area (Å²) in [6, 6.07) is 7.87. The average molecular weight is 635 g/mol. The van der Waals surface area contributed by atoms with Crippen LogP contribution in [0.15, 0.2) is 36.4 Å². The highest BCUT2D eigenvalue weighted by Crippen LogP contribution is 2.34. The van der Waals surface area contributed by atoms with Gasteiger partial charge in [-0.15, -0.1) is 0 Å². The lowest BCUT2D eigenvalue weighted by Crippen LogP contribution is -2.28. The Kier molecular flexibility index (Phi) is 17.9. The molecule has 2 rings (SSSR count). The van der Waals surface area contributed by atoms with Crippen LogP contribution in [-0.4, -0.2) is 72.0 Å². The Labute approximate surface area is 268 Å². The van der Waals surface area contributed by atoms with Crippen LogP contribution in [-0.2, 0) is 41.6 Å². The molecule has 1 aliphatic rings. The summed E-state index contributed by atoms with van der Waals surface area (Å²) in [6.45, 7) is 6.57. The largest absolute Gasteiger partial charge is 0.462 e. The highest BCUT2D eigenvalue weighted by atomic mass is 32.2.